The van der Waals surface area contributed by atoms with Crippen molar-refractivity contribution in [2.45, 2.75) is 58.0 Å². The fourth-order valence-electron chi connectivity index (χ4n) is 2.84. The summed E-state index contributed by atoms with van der Waals surface area (Å²) in [5.74, 6) is 1.10. The molecule has 1 aliphatic carbocycles. The Morgan fingerprint density at radius 3 is 2.68 bits per heavy atom. The van der Waals surface area contributed by atoms with Gasteiger partial charge in [0.05, 0.1) is 25.0 Å². The molecule has 19 heavy (non-hydrogen) atoms. The highest BCUT2D eigenvalue weighted by Crippen LogP contribution is 2.21. The Hall–Kier alpha value is -0.840. The lowest BCUT2D eigenvalue weighted by Gasteiger charge is -2.35. The highest BCUT2D eigenvalue weighted by molar-refractivity contribution is 5.17. The van der Waals surface area contributed by atoms with E-state index in [9.17, 15) is 0 Å². The fraction of sp³-hybridized carbons (Fsp3) is 0.733. The van der Waals surface area contributed by atoms with Crippen LogP contribution < -0.4 is 5.32 Å². The number of morpholine rings is 1. The zero-order valence-corrected chi connectivity index (χ0v) is 11.9. The minimum Gasteiger partial charge on any atom is -0.468 e. The Labute approximate surface area is 115 Å². The first-order valence-electron chi connectivity index (χ1n) is 7.37. The molecule has 106 valence electrons. The molecule has 0 amide bonds. The summed E-state index contributed by atoms with van der Waals surface area (Å²) in [6.07, 6.45) is 5.09. The molecule has 2 atom stereocenters. The van der Waals surface area contributed by atoms with Crippen molar-refractivity contribution in [3.63, 3.8) is 0 Å². The zero-order chi connectivity index (χ0) is 13.2. The van der Waals surface area contributed by atoms with Crippen LogP contribution in [0.5, 0.6) is 0 Å². The largest absolute Gasteiger partial charge is 0.468 e. The van der Waals surface area contributed by atoms with E-state index in [1.165, 1.54) is 18.4 Å². The van der Waals surface area contributed by atoms with Crippen molar-refractivity contribution in [3.8, 4) is 0 Å². The van der Waals surface area contributed by atoms with Crippen molar-refractivity contribution in [1.82, 2.24) is 10.2 Å². The van der Waals surface area contributed by atoms with Crippen LogP contribution in [0, 0.1) is 0 Å². The van der Waals surface area contributed by atoms with E-state index in [0.717, 1.165) is 38.0 Å². The molecule has 0 spiro atoms. The second-order valence-electron chi connectivity index (χ2n) is 5.98. The third-order valence-corrected chi connectivity index (χ3v) is 3.86. The SMILES string of the molecule is C[C@@H]1CN(Cc2ccoc2CNC2CC2)C[C@H](C)O1. The van der Waals surface area contributed by atoms with Crippen molar-refractivity contribution >= 4 is 0 Å². The van der Waals surface area contributed by atoms with Crippen LogP contribution >= 0.6 is 0 Å². The summed E-state index contributed by atoms with van der Waals surface area (Å²) in [4.78, 5) is 2.46. The quantitative estimate of drug-likeness (QED) is 0.884. The molecule has 0 unspecified atom stereocenters. The lowest BCUT2D eigenvalue weighted by atomic mass is 10.2. The molecule has 2 aliphatic rings. The first-order chi connectivity index (χ1) is 9.20. The summed E-state index contributed by atoms with van der Waals surface area (Å²) in [6, 6.07) is 2.83. The van der Waals surface area contributed by atoms with Gasteiger partial charge in [-0.25, -0.2) is 0 Å². The van der Waals surface area contributed by atoms with E-state index in [1.54, 1.807) is 0 Å². The van der Waals surface area contributed by atoms with Crippen LogP contribution in [-0.2, 0) is 17.8 Å². The van der Waals surface area contributed by atoms with Crippen LogP contribution in [0.4, 0.5) is 0 Å². The van der Waals surface area contributed by atoms with E-state index in [0.29, 0.717) is 12.2 Å². The molecule has 3 rings (SSSR count). The van der Waals surface area contributed by atoms with E-state index in [4.69, 9.17) is 9.15 Å². The normalized spacial score (nSPS) is 28.7. The first kappa shape index (κ1) is 13.2. The van der Waals surface area contributed by atoms with E-state index in [-0.39, 0.29) is 0 Å². The summed E-state index contributed by atoms with van der Waals surface area (Å²) in [5, 5.41) is 3.52. The number of hydrogen-bond acceptors (Lipinski definition) is 4. The number of nitrogens with zero attached hydrogens (tertiary/aromatic N) is 1. The number of nitrogens with one attached hydrogen (secondary N) is 1. The average Bonchev–Trinajstić information content (AvgIpc) is 3.07. The molecule has 0 aromatic carbocycles. The van der Waals surface area contributed by atoms with Crippen molar-refractivity contribution in [2.75, 3.05) is 13.1 Å². The minimum atomic E-state index is 0.323. The molecule has 2 heterocycles. The van der Waals surface area contributed by atoms with Gasteiger partial charge in [0.1, 0.15) is 5.76 Å². The van der Waals surface area contributed by atoms with Crippen molar-refractivity contribution in [3.05, 3.63) is 23.7 Å². The predicted molar refractivity (Wildman–Crippen MR) is 73.9 cm³/mol. The van der Waals surface area contributed by atoms with Gasteiger partial charge in [-0.1, -0.05) is 0 Å². The van der Waals surface area contributed by atoms with Crippen molar-refractivity contribution in [2.24, 2.45) is 0 Å². The number of furan rings is 1. The van der Waals surface area contributed by atoms with Gasteiger partial charge in [-0.2, -0.15) is 0 Å². The van der Waals surface area contributed by atoms with Gasteiger partial charge in [0.2, 0.25) is 0 Å². The summed E-state index contributed by atoms with van der Waals surface area (Å²) in [7, 11) is 0. The van der Waals surface area contributed by atoms with Gasteiger partial charge >= 0.3 is 0 Å². The van der Waals surface area contributed by atoms with Crippen LogP contribution in [0.25, 0.3) is 0 Å². The third-order valence-electron chi connectivity index (χ3n) is 3.86. The Morgan fingerprint density at radius 2 is 2.00 bits per heavy atom. The minimum absolute atomic E-state index is 0.323. The molecule has 2 fully saturated rings. The van der Waals surface area contributed by atoms with E-state index >= 15 is 0 Å². The third kappa shape index (κ3) is 3.59. The molecular weight excluding hydrogens is 240 g/mol. The Balaban J connectivity index is 1.57. The van der Waals surface area contributed by atoms with Crippen LogP contribution in [0.3, 0.4) is 0 Å². The molecule has 1 N–H and O–H groups in total. The standard InChI is InChI=1S/C15H24N2O2/c1-11-8-17(9-12(2)19-11)10-13-5-6-18-15(13)7-16-14-3-4-14/h5-6,11-12,14,16H,3-4,7-10H2,1-2H3/t11-,12+. The van der Waals surface area contributed by atoms with Gasteiger partial charge in [-0.3, -0.25) is 4.90 Å². The molecule has 1 saturated heterocycles. The van der Waals surface area contributed by atoms with Gasteiger partial charge in [0, 0.05) is 31.2 Å². The Kier molecular flexibility index (Phi) is 3.91. The summed E-state index contributed by atoms with van der Waals surface area (Å²) in [6.45, 7) is 8.13. The van der Waals surface area contributed by atoms with Crippen LogP contribution in [0.1, 0.15) is 38.0 Å². The van der Waals surface area contributed by atoms with Gasteiger partial charge in [-0.05, 0) is 32.8 Å². The number of ether oxygens (including phenoxy) is 1. The zero-order valence-electron chi connectivity index (χ0n) is 11.9. The maximum absolute atomic E-state index is 5.78. The number of hydrogen-bond donors (Lipinski definition) is 1. The topological polar surface area (TPSA) is 37.6 Å². The molecule has 4 heteroatoms. The van der Waals surface area contributed by atoms with Gasteiger partial charge < -0.3 is 14.5 Å². The van der Waals surface area contributed by atoms with Gasteiger partial charge in [0.25, 0.3) is 0 Å². The average molecular weight is 264 g/mol. The predicted octanol–water partition coefficient (Wildman–Crippen LogP) is 2.14. The summed E-state index contributed by atoms with van der Waals surface area (Å²) < 4.78 is 11.4. The maximum Gasteiger partial charge on any atom is 0.122 e. The summed E-state index contributed by atoms with van der Waals surface area (Å²) in [5.41, 5.74) is 1.31. The van der Waals surface area contributed by atoms with Gasteiger partial charge in [0.15, 0.2) is 0 Å². The van der Waals surface area contributed by atoms with E-state index < -0.39 is 0 Å². The number of rotatable bonds is 5. The van der Waals surface area contributed by atoms with Crippen LogP contribution in [-0.4, -0.2) is 36.2 Å². The van der Waals surface area contributed by atoms with Crippen LogP contribution in [0.2, 0.25) is 0 Å². The first-order valence-corrected chi connectivity index (χ1v) is 7.37. The Morgan fingerprint density at radius 1 is 1.26 bits per heavy atom. The maximum atomic E-state index is 5.78. The van der Waals surface area contributed by atoms with Crippen LogP contribution in [0.15, 0.2) is 16.7 Å². The monoisotopic (exact) mass is 264 g/mol. The molecule has 0 bridgehead atoms. The smallest absolute Gasteiger partial charge is 0.122 e. The van der Waals surface area contributed by atoms with Crippen molar-refractivity contribution < 1.29 is 9.15 Å². The van der Waals surface area contributed by atoms with Crippen molar-refractivity contribution in [1.29, 1.82) is 0 Å². The lowest BCUT2D eigenvalue weighted by molar-refractivity contribution is -0.0706. The van der Waals surface area contributed by atoms with E-state index in [1.807, 2.05) is 6.26 Å². The summed E-state index contributed by atoms with van der Waals surface area (Å²) >= 11 is 0. The Bertz CT molecular complexity index is 404. The highest BCUT2D eigenvalue weighted by atomic mass is 16.5. The lowest BCUT2D eigenvalue weighted by Crippen LogP contribution is -2.44. The molecule has 1 aromatic rings. The molecule has 1 aliphatic heterocycles. The second-order valence-corrected chi connectivity index (χ2v) is 5.98. The second kappa shape index (κ2) is 5.65. The molecule has 1 saturated carbocycles. The molecule has 4 nitrogen and oxygen atoms in total. The fourth-order valence-corrected chi connectivity index (χ4v) is 2.84. The highest BCUT2D eigenvalue weighted by Gasteiger charge is 2.24. The van der Waals surface area contributed by atoms with E-state index in [2.05, 4.69) is 30.1 Å². The van der Waals surface area contributed by atoms with Gasteiger partial charge in [-0.15, -0.1) is 0 Å². The molecule has 0 radical (unpaired) electrons. The molecule has 1 aromatic heterocycles. The molecular formula is C15H24N2O2.